The van der Waals surface area contributed by atoms with Gasteiger partial charge >= 0.3 is 0 Å². The van der Waals surface area contributed by atoms with E-state index in [0.29, 0.717) is 5.56 Å². The Kier molecular flexibility index (Phi) is 5.66. The van der Waals surface area contributed by atoms with Gasteiger partial charge in [0.15, 0.2) is 12.4 Å². The largest absolute Gasteiger partial charge is 0.362 e. The molecule has 3 N–H and O–H groups in total. The van der Waals surface area contributed by atoms with Crippen LogP contribution in [0.15, 0.2) is 108 Å². The van der Waals surface area contributed by atoms with Gasteiger partial charge in [0.05, 0.1) is 23.3 Å². The molecule has 0 fully saturated rings. The zero-order valence-corrected chi connectivity index (χ0v) is 17.1. The molecule has 1 aromatic heterocycles. The number of aliphatic hydroxyl groups is 1. The zero-order valence-electron chi connectivity index (χ0n) is 17.1. The minimum Gasteiger partial charge on any atom is -0.362 e. The van der Waals surface area contributed by atoms with Crippen molar-refractivity contribution in [1.29, 1.82) is 15.9 Å². The predicted molar refractivity (Wildman–Crippen MR) is 118 cm³/mol. The smallest absolute Gasteiger partial charge is 0.227 e. The van der Waals surface area contributed by atoms with Crippen LogP contribution in [0.5, 0.6) is 0 Å². The van der Waals surface area contributed by atoms with Crippen molar-refractivity contribution >= 4 is 5.87 Å². The first-order valence-electron chi connectivity index (χ1n) is 10.0. The Morgan fingerprint density at radius 3 is 2.09 bits per heavy atom. The van der Waals surface area contributed by atoms with E-state index in [4.69, 9.17) is 5.41 Å². The lowest BCUT2D eigenvalue weighted by Gasteiger charge is -2.42. The fourth-order valence-corrected chi connectivity index (χ4v) is 4.29. The second kappa shape index (κ2) is 8.71. The summed E-state index contributed by atoms with van der Waals surface area (Å²) in [5.41, 5.74) is -0.0940. The van der Waals surface area contributed by atoms with Gasteiger partial charge in [-0.15, -0.1) is 0 Å². The summed E-state index contributed by atoms with van der Waals surface area (Å²) < 4.78 is 1.87. The summed E-state index contributed by atoms with van der Waals surface area (Å²) in [7, 11) is 0. The minimum absolute atomic E-state index is 0.109. The van der Waals surface area contributed by atoms with Gasteiger partial charge in [-0.1, -0.05) is 66.7 Å². The topological polar surface area (TPSA) is 108 Å². The third-order valence-corrected chi connectivity index (χ3v) is 5.68. The molecule has 0 saturated heterocycles. The van der Waals surface area contributed by atoms with Crippen LogP contribution in [-0.4, -0.2) is 11.0 Å². The van der Waals surface area contributed by atoms with E-state index in [1.54, 1.807) is 12.1 Å². The molecule has 0 spiro atoms. The van der Waals surface area contributed by atoms with Gasteiger partial charge < -0.3 is 10.4 Å². The average Bonchev–Trinajstić information content (AvgIpc) is 2.86. The van der Waals surface area contributed by atoms with E-state index < -0.39 is 17.7 Å². The highest BCUT2D eigenvalue weighted by Crippen LogP contribution is 2.47. The quantitative estimate of drug-likeness (QED) is 0.343. The Balaban J connectivity index is 2.10. The van der Waals surface area contributed by atoms with Crippen molar-refractivity contribution in [3.63, 3.8) is 0 Å². The zero-order chi connectivity index (χ0) is 22.6. The summed E-state index contributed by atoms with van der Waals surface area (Å²) in [6.45, 7) is 0. The number of nitrogens with zero attached hydrogens (tertiary/aromatic N) is 3. The van der Waals surface area contributed by atoms with Gasteiger partial charge in [-0.25, -0.2) is 0 Å². The fraction of sp³-hybridized carbons (Fsp3) is 0.115. The number of hydrogen-bond acceptors (Lipinski definition) is 5. The van der Waals surface area contributed by atoms with Crippen LogP contribution in [0.2, 0.25) is 0 Å². The highest BCUT2D eigenvalue weighted by atomic mass is 16.3. The molecule has 0 aliphatic carbocycles. The van der Waals surface area contributed by atoms with Crippen LogP contribution in [0.3, 0.4) is 0 Å². The average molecular weight is 418 g/mol. The maximum Gasteiger partial charge on any atom is 0.227 e. The van der Waals surface area contributed by atoms with Crippen LogP contribution in [-0.2, 0) is 5.72 Å². The molecule has 6 heteroatoms. The van der Waals surface area contributed by atoms with E-state index in [0.717, 1.165) is 5.56 Å². The minimum atomic E-state index is -1.69. The van der Waals surface area contributed by atoms with Crippen molar-refractivity contribution in [3.8, 4) is 12.1 Å². The lowest BCUT2D eigenvalue weighted by Crippen LogP contribution is -2.62. The van der Waals surface area contributed by atoms with Crippen LogP contribution < -0.4 is 9.88 Å². The van der Waals surface area contributed by atoms with Gasteiger partial charge in [0.1, 0.15) is 11.6 Å². The summed E-state index contributed by atoms with van der Waals surface area (Å²) in [5.74, 6) is 1.51. The van der Waals surface area contributed by atoms with Crippen molar-refractivity contribution in [1.82, 2.24) is 5.32 Å². The lowest BCUT2D eigenvalue weighted by molar-refractivity contribution is -0.743. The monoisotopic (exact) mass is 418 g/mol. The predicted octanol–water partition coefficient (Wildman–Crippen LogP) is 3.22. The third kappa shape index (κ3) is 3.47. The molecule has 2 aromatic carbocycles. The number of rotatable bonds is 4. The van der Waals surface area contributed by atoms with Gasteiger partial charge in [-0.3, -0.25) is 5.41 Å². The number of hydrogen-bond donors (Lipinski definition) is 3. The molecule has 0 saturated carbocycles. The molecule has 0 radical (unpaired) electrons. The summed E-state index contributed by atoms with van der Waals surface area (Å²) in [6, 6.07) is 27.6. The van der Waals surface area contributed by atoms with E-state index in [9.17, 15) is 15.6 Å². The van der Waals surface area contributed by atoms with E-state index in [1.165, 1.54) is 0 Å². The molecule has 3 atom stereocenters. The SMILES string of the molecule is N#CC(=C=N)C1=C(C#N)[C@H](c2ccccc2)[C@H]([n+]2ccccc2)[C@](O)(c2ccccc2)N1. The Hall–Kier alpha value is -4.48. The molecule has 3 aromatic rings. The molecule has 0 unspecified atom stereocenters. The van der Waals surface area contributed by atoms with Crippen molar-refractivity contribution in [2.24, 2.45) is 0 Å². The Morgan fingerprint density at radius 1 is 0.938 bits per heavy atom. The second-order valence-electron chi connectivity index (χ2n) is 7.43. The number of allylic oxidation sites excluding steroid dienone is 2. The molecule has 6 nitrogen and oxygen atoms in total. The molecule has 0 bridgehead atoms. The van der Waals surface area contributed by atoms with E-state index in [-0.39, 0.29) is 16.8 Å². The van der Waals surface area contributed by atoms with Gasteiger partial charge in [-0.2, -0.15) is 15.1 Å². The number of benzene rings is 2. The van der Waals surface area contributed by atoms with Crippen LogP contribution in [0, 0.1) is 28.1 Å². The molecule has 154 valence electrons. The number of nitriles is 2. The van der Waals surface area contributed by atoms with Crippen molar-refractivity contribution in [2.75, 3.05) is 0 Å². The van der Waals surface area contributed by atoms with Crippen LogP contribution in [0.1, 0.15) is 23.1 Å². The second-order valence-corrected chi connectivity index (χ2v) is 7.43. The first-order chi connectivity index (χ1) is 15.6. The summed E-state index contributed by atoms with van der Waals surface area (Å²) >= 11 is 0. The highest BCUT2D eigenvalue weighted by Gasteiger charge is 2.56. The lowest BCUT2D eigenvalue weighted by atomic mass is 9.73. The third-order valence-electron chi connectivity index (χ3n) is 5.68. The first-order valence-corrected chi connectivity index (χ1v) is 10.0. The van der Waals surface area contributed by atoms with Gasteiger partial charge in [0, 0.05) is 17.7 Å². The van der Waals surface area contributed by atoms with Gasteiger partial charge in [0.2, 0.25) is 11.8 Å². The first kappa shape index (κ1) is 20.8. The van der Waals surface area contributed by atoms with E-state index in [1.807, 2.05) is 89.8 Å². The van der Waals surface area contributed by atoms with Gasteiger partial charge in [0.25, 0.3) is 0 Å². The molecule has 1 aliphatic rings. The van der Waals surface area contributed by atoms with Crippen LogP contribution in [0.4, 0.5) is 0 Å². The Bertz CT molecular complexity index is 1280. The maximum atomic E-state index is 12.2. The van der Waals surface area contributed by atoms with Crippen LogP contribution >= 0.6 is 0 Å². The van der Waals surface area contributed by atoms with Crippen molar-refractivity contribution in [3.05, 3.63) is 119 Å². The summed E-state index contributed by atoms with van der Waals surface area (Å²) in [4.78, 5) is 0. The molecule has 2 heterocycles. The van der Waals surface area contributed by atoms with Gasteiger partial charge in [-0.05, 0) is 11.4 Å². The molecular formula is C26H20N5O+. The number of pyridine rings is 1. The van der Waals surface area contributed by atoms with E-state index in [2.05, 4.69) is 17.3 Å². The molecule has 4 rings (SSSR count). The Labute approximate surface area is 186 Å². The highest BCUT2D eigenvalue weighted by molar-refractivity contribution is 5.71. The number of nitrogens with one attached hydrogen (secondary N) is 2. The number of aromatic nitrogens is 1. The maximum absolute atomic E-state index is 12.2. The summed E-state index contributed by atoms with van der Waals surface area (Å²) in [6.07, 6.45) is 3.68. The molecule has 1 aliphatic heterocycles. The molecule has 0 amide bonds. The van der Waals surface area contributed by atoms with E-state index >= 15 is 0 Å². The molecule has 32 heavy (non-hydrogen) atoms. The van der Waals surface area contributed by atoms with Crippen molar-refractivity contribution < 1.29 is 9.67 Å². The molecular weight excluding hydrogens is 398 g/mol. The fourth-order valence-electron chi connectivity index (χ4n) is 4.29. The standard InChI is InChI=1S/C26H20N5O/c27-16-20(17-28)24-22(18-29)23(19-10-4-1-5-11-19)25(31-14-8-3-9-15-31)26(32,30-24)21-12-6-2-7-13-21/h1-15,23,25,27,30,32H/q+1/t23-,25-,26+/m0/s1. The van der Waals surface area contributed by atoms with Crippen molar-refractivity contribution in [2.45, 2.75) is 17.7 Å². The normalized spacial score (nSPS) is 22.1. The summed E-state index contributed by atoms with van der Waals surface area (Å²) in [5, 5.41) is 42.7. The Morgan fingerprint density at radius 2 is 1.53 bits per heavy atom. The van der Waals surface area contributed by atoms with Crippen LogP contribution in [0.25, 0.3) is 0 Å².